The van der Waals surface area contributed by atoms with E-state index in [1.165, 1.54) is 16.8 Å². The van der Waals surface area contributed by atoms with E-state index in [9.17, 15) is 4.79 Å². The first kappa shape index (κ1) is 30.3. The molecular formula is C33H45N5O3. The molecule has 41 heavy (non-hydrogen) atoms. The molecule has 8 heteroatoms. The predicted molar refractivity (Wildman–Crippen MR) is 164 cm³/mol. The number of carbonyl (C=O) groups is 1. The van der Waals surface area contributed by atoms with Crippen LogP contribution in [0.2, 0.25) is 0 Å². The fraction of sp³-hybridized carbons (Fsp3) is 0.485. The molecular weight excluding hydrogens is 514 g/mol. The molecule has 8 nitrogen and oxygen atoms in total. The predicted octanol–water partition coefficient (Wildman–Crippen LogP) is 5.49. The molecule has 0 saturated carbocycles. The van der Waals surface area contributed by atoms with Crippen molar-refractivity contribution in [3.63, 3.8) is 0 Å². The Hall–Kier alpha value is -3.65. The van der Waals surface area contributed by atoms with Gasteiger partial charge in [-0.05, 0) is 101 Å². The first-order valence-electron chi connectivity index (χ1n) is 14.7. The van der Waals surface area contributed by atoms with E-state index in [0.717, 1.165) is 50.2 Å². The Labute approximate surface area is 245 Å². The molecule has 1 N–H and O–H groups in total. The number of piperidine rings is 1. The van der Waals surface area contributed by atoms with Crippen molar-refractivity contribution >= 4 is 11.6 Å². The van der Waals surface area contributed by atoms with Gasteiger partial charge in [-0.25, -0.2) is 4.98 Å². The normalized spacial score (nSPS) is 14.9. The summed E-state index contributed by atoms with van der Waals surface area (Å²) in [6.45, 7) is 14.2. The van der Waals surface area contributed by atoms with Gasteiger partial charge in [-0.2, -0.15) is 0 Å². The number of rotatable bonds is 12. The lowest BCUT2D eigenvalue weighted by Crippen LogP contribution is -2.48. The molecule has 3 aromatic rings. The van der Waals surface area contributed by atoms with Crippen LogP contribution in [-0.2, 0) is 6.54 Å². The van der Waals surface area contributed by atoms with Crippen molar-refractivity contribution in [2.75, 3.05) is 38.3 Å². The number of nitrogens with one attached hydrogen (secondary N) is 1. The monoisotopic (exact) mass is 559 g/mol. The highest BCUT2D eigenvalue weighted by molar-refractivity contribution is 5.96. The molecule has 0 bridgehead atoms. The maximum absolute atomic E-state index is 13.0. The summed E-state index contributed by atoms with van der Waals surface area (Å²) in [5.41, 5.74) is 5.95. The van der Waals surface area contributed by atoms with E-state index >= 15 is 0 Å². The standard InChI is InChI=1S/C33H45N5O3/c1-7-41-31-20-24(3)32(26(5)36-31)33(39)35-17-13-25(4)37-18-14-29(15-19-37)38(22-27-21-34-16-12-23(27)2)28-8-10-30(40-6)11-9-28/h8-12,16,20-21,25,29H,7,13-15,17-19,22H2,1-6H3,(H,35,39)/t25-/m1/s1. The van der Waals surface area contributed by atoms with Crippen LogP contribution in [0, 0.1) is 20.8 Å². The van der Waals surface area contributed by atoms with E-state index < -0.39 is 0 Å². The molecule has 1 aliphatic heterocycles. The minimum absolute atomic E-state index is 0.0673. The van der Waals surface area contributed by atoms with Crippen molar-refractivity contribution < 1.29 is 14.3 Å². The number of ether oxygens (including phenoxy) is 2. The van der Waals surface area contributed by atoms with Crippen molar-refractivity contribution in [2.24, 2.45) is 0 Å². The van der Waals surface area contributed by atoms with Crippen LogP contribution in [0.4, 0.5) is 5.69 Å². The second-order valence-electron chi connectivity index (χ2n) is 11.0. The van der Waals surface area contributed by atoms with Crippen LogP contribution < -0.4 is 19.7 Å². The first-order chi connectivity index (χ1) is 19.8. The number of amides is 1. The van der Waals surface area contributed by atoms with E-state index in [-0.39, 0.29) is 5.91 Å². The highest BCUT2D eigenvalue weighted by atomic mass is 16.5. The average Bonchev–Trinajstić information content (AvgIpc) is 2.97. The highest BCUT2D eigenvalue weighted by Crippen LogP contribution is 2.29. The smallest absolute Gasteiger partial charge is 0.253 e. The maximum Gasteiger partial charge on any atom is 0.253 e. The number of nitrogens with zero attached hydrogens (tertiary/aromatic N) is 4. The van der Waals surface area contributed by atoms with Crippen molar-refractivity contribution in [3.8, 4) is 11.6 Å². The number of hydrogen-bond acceptors (Lipinski definition) is 7. The van der Waals surface area contributed by atoms with Crippen LogP contribution in [0.1, 0.15) is 65.9 Å². The summed E-state index contributed by atoms with van der Waals surface area (Å²) < 4.78 is 10.9. The van der Waals surface area contributed by atoms with Gasteiger partial charge in [0.1, 0.15) is 5.75 Å². The van der Waals surface area contributed by atoms with Crippen molar-refractivity contribution in [3.05, 3.63) is 76.7 Å². The van der Waals surface area contributed by atoms with Gasteiger partial charge >= 0.3 is 0 Å². The van der Waals surface area contributed by atoms with Gasteiger partial charge in [0.05, 0.1) is 25.0 Å². The van der Waals surface area contributed by atoms with Crippen LogP contribution in [0.5, 0.6) is 11.6 Å². The van der Waals surface area contributed by atoms with Crippen molar-refractivity contribution in [1.82, 2.24) is 20.2 Å². The number of likely N-dealkylation sites (tertiary alicyclic amines) is 1. The molecule has 4 rings (SSSR count). The SMILES string of the molecule is CCOc1cc(C)c(C(=O)NCC[C@@H](C)N2CCC(N(Cc3cnccc3C)c3ccc(OC)cc3)CC2)c(C)n1. The highest BCUT2D eigenvalue weighted by Gasteiger charge is 2.28. The van der Waals surface area contributed by atoms with Crippen LogP contribution >= 0.6 is 0 Å². The van der Waals surface area contributed by atoms with E-state index in [1.54, 1.807) is 7.11 Å². The van der Waals surface area contributed by atoms with E-state index in [0.29, 0.717) is 42.4 Å². The Bertz CT molecular complexity index is 1270. The number of carbonyl (C=O) groups excluding carboxylic acids is 1. The summed E-state index contributed by atoms with van der Waals surface area (Å²) in [5.74, 6) is 1.37. The van der Waals surface area contributed by atoms with Crippen molar-refractivity contribution in [2.45, 2.75) is 72.5 Å². The molecule has 1 aliphatic rings. The molecule has 0 spiro atoms. The molecule has 220 valence electrons. The first-order valence-corrected chi connectivity index (χ1v) is 14.7. The van der Waals surface area contributed by atoms with E-state index in [2.05, 4.69) is 57.1 Å². The zero-order valence-electron chi connectivity index (χ0n) is 25.4. The third-order valence-electron chi connectivity index (χ3n) is 8.20. The van der Waals surface area contributed by atoms with Gasteiger partial charge in [-0.1, -0.05) is 0 Å². The Kier molecular flexibility index (Phi) is 10.6. The molecule has 3 heterocycles. The fourth-order valence-corrected chi connectivity index (χ4v) is 5.72. The number of hydrogen-bond donors (Lipinski definition) is 1. The molecule has 1 aromatic carbocycles. The van der Waals surface area contributed by atoms with Gasteiger partial charge in [0, 0.05) is 62.4 Å². The summed E-state index contributed by atoms with van der Waals surface area (Å²) >= 11 is 0. The number of aromatic nitrogens is 2. The van der Waals surface area contributed by atoms with Gasteiger partial charge in [-0.15, -0.1) is 0 Å². The summed E-state index contributed by atoms with van der Waals surface area (Å²) in [6, 6.07) is 13.1. The Morgan fingerprint density at radius 1 is 1.12 bits per heavy atom. The van der Waals surface area contributed by atoms with Gasteiger partial charge in [-0.3, -0.25) is 9.78 Å². The number of pyridine rings is 2. The third-order valence-corrected chi connectivity index (χ3v) is 8.20. The maximum atomic E-state index is 13.0. The summed E-state index contributed by atoms with van der Waals surface area (Å²) in [7, 11) is 1.70. The molecule has 1 saturated heterocycles. The summed E-state index contributed by atoms with van der Waals surface area (Å²) in [6.07, 6.45) is 6.91. The van der Waals surface area contributed by atoms with Crippen LogP contribution in [0.3, 0.4) is 0 Å². The summed E-state index contributed by atoms with van der Waals surface area (Å²) in [5, 5.41) is 3.12. The number of anilines is 1. The zero-order valence-corrected chi connectivity index (χ0v) is 25.4. The van der Waals surface area contributed by atoms with Gasteiger partial charge in [0.2, 0.25) is 5.88 Å². The minimum atomic E-state index is -0.0673. The topological polar surface area (TPSA) is 79.8 Å². The molecule has 1 amide bonds. The second-order valence-corrected chi connectivity index (χ2v) is 11.0. The quantitative estimate of drug-likeness (QED) is 0.314. The number of benzene rings is 1. The second kappa shape index (κ2) is 14.3. The molecule has 0 radical (unpaired) electrons. The number of aryl methyl sites for hydroxylation is 3. The number of methoxy groups -OCH3 is 1. The fourth-order valence-electron chi connectivity index (χ4n) is 5.72. The van der Waals surface area contributed by atoms with Crippen molar-refractivity contribution in [1.29, 1.82) is 0 Å². The molecule has 0 unspecified atom stereocenters. The average molecular weight is 560 g/mol. The van der Waals surface area contributed by atoms with Gasteiger partial charge < -0.3 is 24.6 Å². The third kappa shape index (κ3) is 7.76. The van der Waals surface area contributed by atoms with Crippen LogP contribution in [-0.4, -0.2) is 66.2 Å². The summed E-state index contributed by atoms with van der Waals surface area (Å²) in [4.78, 5) is 26.9. The Morgan fingerprint density at radius 3 is 2.49 bits per heavy atom. The Morgan fingerprint density at radius 2 is 1.85 bits per heavy atom. The molecule has 0 aliphatic carbocycles. The van der Waals surface area contributed by atoms with Gasteiger partial charge in [0.15, 0.2) is 0 Å². The van der Waals surface area contributed by atoms with E-state index in [1.807, 2.05) is 51.4 Å². The molecule has 1 atom stereocenters. The Balaban J connectivity index is 1.33. The van der Waals surface area contributed by atoms with Crippen LogP contribution in [0.25, 0.3) is 0 Å². The lowest BCUT2D eigenvalue weighted by molar-refractivity contribution is 0.0943. The minimum Gasteiger partial charge on any atom is -0.497 e. The largest absolute Gasteiger partial charge is 0.497 e. The van der Waals surface area contributed by atoms with Gasteiger partial charge in [0.25, 0.3) is 5.91 Å². The molecule has 1 fully saturated rings. The zero-order chi connectivity index (χ0) is 29.4. The van der Waals surface area contributed by atoms with E-state index in [4.69, 9.17) is 9.47 Å². The lowest BCUT2D eigenvalue weighted by Gasteiger charge is -2.42. The lowest BCUT2D eigenvalue weighted by atomic mass is 9.99. The van der Waals surface area contributed by atoms with Crippen LogP contribution in [0.15, 0.2) is 48.8 Å². The molecule has 2 aromatic heterocycles.